The van der Waals surface area contributed by atoms with Crippen LogP contribution in [0.3, 0.4) is 0 Å². The Hall–Kier alpha value is -2.77. The van der Waals surface area contributed by atoms with Crippen LogP contribution in [0.2, 0.25) is 0 Å². The molecule has 0 fully saturated rings. The molecule has 1 aromatic heterocycles. The molecule has 0 saturated carbocycles. The first kappa shape index (κ1) is 14.6. The normalized spacial score (nSPS) is 10.3. The van der Waals surface area contributed by atoms with Crippen molar-refractivity contribution < 1.29 is 19.0 Å². The van der Waals surface area contributed by atoms with Crippen LogP contribution in [0.4, 0.5) is 5.69 Å². The maximum Gasteiger partial charge on any atom is 0.270 e. The first-order valence-corrected chi connectivity index (χ1v) is 6.32. The second kappa shape index (κ2) is 6.60. The van der Waals surface area contributed by atoms with Crippen molar-refractivity contribution in [1.82, 2.24) is 10.1 Å². The average Bonchev–Trinajstić information content (AvgIpc) is 2.93. The number of rotatable bonds is 7. The SMILES string of the molecule is CCCc1noc(COc2ccc([N+](=O)[O-])cc2C=O)n1. The molecule has 1 aromatic carbocycles. The monoisotopic (exact) mass is 291 g/mol. The Labute approximate surface area is 119 Å². The standard InChI is InChI=1S/C13H13N3O5/c1-2-3-12-14-13(21-15-12)8-20-11-5-4-10(16(18)19)6-9(11)7-17/h4-7H,2-3,8H2,1H3. The number of non-ortho nitro benzene ring substituents is 1. The van der Waals surface area contributed by atoms with Gasteiger partial charge in [0, 0.05) is 18.6 Å². The van der Waals surface area contributed by atoms with Crippen molar-refractivity contribution in [1.29, 1.82) is 0 Å². The average molecular weight is 291 g/mol. The van der Waals surface area contributed by atoms with Crippen LogP contribution in [0.25, 0.3) is 0 Å². The topological polar surface area (TPSA) is 108 Å². The fraction of sp³-hybridized carbons (Fsp3) is 0.308. The summed E-state index contributed by atoms with van der Waals surface area (Å²) in [5.41, 5.74) is -0.0787. The van der Waals surface area contributed by atoms with Crippen molar-refractivity contribution in [3.63, 3.8) is 0 Å². The molecule has 110 valence electrons. The van der Waals surface area contributed by atoms with Gasteiger partial charge in [0.25, 0.3) is 11.6 Å². The Kier molecular flexibility index (Phi) is 4.60. The van der Waals surface area contributed by atoms with E-state index in [1.807, 2.05) is 6.92 Å². The molecule has 0 aliphatic heterocycles. The quantitative estimate of drug-likeness (QED) is 0.437. The predicted octanol–water partition coefficient (Wildman–Crippen LogP) is 2.32. The van der Waals surface area contributed by atoms with Gasteiger partial charge < -0.3 is 9.26 Å². The van der Waals surface area contributed by atoms with Crippen molar-refractivity contribution in [2.24, 2.45) is 0 Å². The summed E-state index contributed by atoms with van der Waals surface area (Å²) in [5.74, 6) is 1.11. The van der Waals surface area contributed by atoms with Gasteiger partial charge in [-0.05, 0) is 12.5 Å². The molecular weight excluding hydrogens is 278 g/mol. The molecule has 0 aliphatic rings. The number of aryl methyl sites for hydroxylation is 1. The molecule has 8 nitrogen and oxygen atoms in total. The Morgan fingerprint density at radius 1 is 1.48 bits per heavy atom. The molecule has 8 heteroatoms. The summed E-state index contributed by atoms with van der Waals surface area (Å²) in [5, 5.41) is 14.4. The number of nitro groups is 1. The summed E-state index contributed by atoms with van der Waals surface area (Å²) < 4.78 is 10.4. The summed E-state index contributed by atoms with van der Waals surface area (Å²) in [6.07, 6.45) is 2.11. The van der Waals surface area contributed by atoms with Crippen LogP contribution in [0.5, 0.6) is 5.75 Å². The Balaban J connectivity index is 2.08. The van der Waals surface area contributed by atoms with Gasteiger partial charge in [0.05, 0.1) is 10.5 Å². The highest BCUT2D eigenvalue weighted by molar-refractivity contribution is 5.80. The highest BCUT2D eigenvalue weighted by Crippen LogP contribution is 2.23. The summed E-state index contributed by atoms with van der Waals surface area (Å²) in [4.78, 5) is 25.1. The van der Waals surface area contributed by atoms with E-state index in [-0.39, 0.29) is 29.5 Å². The molecule has 21 heavy (non-hydrogen) atoms. The summed E-state index contributed by atoms with van der Waals surface area (Å²) in [6.45, 7) is 2.00. The van der Waals surface area contributed by atoms with Gasteiger partial charge in [-0.25, -0.2) is 0 Å². The van der Waals surface area contributed by atoms with Gasteiger partial charge in [0.1, 0.15) is 5.75 Å². The predicted molar refractivity (Wildman–Crippen MR) is 71.1 cm³/mol. The number of ether oxygens (including phenoxy) is 1. The fourth-order valence-electron chi connectivity index (χ4n) is 1.69. The second-order valence-electron chi connectivity index (χ2n) is 4.24. The maximum atomic E-state index is 10.9. The molecule has 0 aliphatic carbocycles. The van der Waals surface area contributed by atoms with Crippen LogP contribution in [-0.4, -0.2) is 21.4 Å². The number of aldehydes is 1. The molecule has 2 rings (SSSR count). The number of carbonyl (C=O) groups excluding carboxylic acids is 1. The fourth-order valence-corrected chi connectivity index (χ4v) is 1.69. The molecule has 1 heterocycles. The number of hydrogen-bond acceptors (Lipinski definition) is 7. The molecule has 0 saturated heterocycles. The molecule has 0 atom stereocenters. The van der Waals surface area contributed by atoms with E-state index in [2.05, 4.69) is 10.1 Å². The molecule has 0 radical (unpaired) electrons. The van der Waals surface area contributed by atoms with E-state index < -0.39 is 4.92 Å². The summed E-state index contributed by atoms with van der Waals surface area (Å²) >= 11 is 0. The Morgan fingerprint density at radius 3 is 2.95 bits per heavy atom. The zero-order valence-electron chi connectivity index (χ0n) is 11.3. The molecule has 0 spiro atoms. The molecular formula is C13H13N3O5. The van der Waals surface area contributed by atoms with Gasteiger partial charge in [-0.1, -0.05) is 12.1 Å². The van der Waals surface area contributed by atoms with Crippen molar-refractivity contribution in [3.05, 3.63) is 45.6 Å². The molecule has 0 unspecified atom stereocenters. The van der Waals surface area contributed by atoms with Crippen molar-refractivity contribution in [2.45, 2.75) is 26.4 Å². The first-order valence-electron chi connectivity index (χ1n) is 6.32. The summed E-state index contributed by atoms with van der Waals surface area (Å²) in [6, 6.07) is 3.78. The summed E-state index contributed by atoms with van der Waals surface area (Å²) in [7, 11) is 0. The van der Waals surface area contributed by atoms with Gasteiger partial charge in [-0.15, -0.1) is 0 Å². The molecule has 2 aromatic rings. The third-order valence-electron chi connectivity index (χ3n) is 2.67. The third kappa shape index (κ3) is 3.62. The largest absolute Gasteiger partial charge is 0.483 e. The highest BCUT2D eigenvalue weighted by atomic mass is 16.6. The van der Waals surface area contributed by atoms with Crippen LogP contribution in [0, 0.1) is 10.1 Å². The number of nitro benzene ring substituents is 1. The lowest BCUT2D eigenvalue weighted by Crippen LogP contribution is -2.00. The number of carbonyl (C=O) groups is 1. The van der Waals surface area contributed by atoms with Gasteiger partial charge in [0.15, 0.2) is 18.7 Å². The second-order valence-corrected chi connectivity index (χ2v) is 4.24. The van der Waals surface area contributed by atoms with E-state index in [0.29, 0.717) is 18.5 Å². The number of hydrogen-bond donors (Lipinski definition) is 0. The van der Waals surface area contributed by atoms with E-state index >= 15 is 0 Å². The van der Waals surface area contributed by atoms with Crippen LogP contribution in [0.15, 0.2) is 22.7 Å². The number of aromatic nitrogens is 2. The maximum absolute atomic E-state index is 10.9. The van der Waals surface area contributed by atoms with Crippen LogP contribution < -0.4 is 4.74 Å². The molecule has 0 bridgehead atoms. The van der Waals surface area contributed by atoms with Crippen LogP contribution in [0.1, 0.15) is 35.4 Å². The lowest BCUT2D eigenvalue weighted by Gasteiger charge is -2.05. The third-order valence-corrected chi connectivity index (χ3v) is 2.67. The van der Waals surface area contributed by atoms with E-state index in [1.54, 1.807) is 0 Å². The van der Waals surface area contributed by atoms with E-state index in [0.717, 1.165) is 12.5 Å². The number of benzene rings is 1. The van der Waals surface area contributed by atoms with E-state index in [9.17, 15) is 14.9 Å². The Bertz CT molecular complexity index is 653. The minimum atomic E-state index is -0.578. The van der Waals surface area contributed by atoms with Gasteiger partial charge in [0.2, 0.25) is 0 Å². The first-order chi connectivity index (χ1) is 10.1. The van der Waals surface area contributed by atoms with Gasteiger partial charge in [-0.3, -0.25) is 14.9 Å². The molecule has 0 amide bonds. The molecule has 0 N–H and O–H groups in total. The van der Waals surface area contributed by atoms with Crippen LogP contribution in [-0.2, 0) is 13.0 Å². The van der Waals surface area contributed by atoms with E-state index in [1.165, 1.54) is 12.1 Å². The minimum Gasteiger partial charge on any atom is -0.483 e. The zero-order valence-corrected chi connectivity index (χ0v) is 11.3. The van der Waals surface area contributed by atoms with Crippen molar-refractivity contribution in [3.8, 4) is 5.75 Å². The van der Waals surface area contributed by atoms with Crippen molar-refractivity contribution in [2.75, 3.05) is 0 Å². The lowest BCUT2D eigenvalue weighted by molar-refractivity contribution is -0.384. The smallest absolute Gasteiger partial charge is 0.270 e. The van der Waals surface area contributed by atoms with Crippen molar-refractivity contribution >= 4 is 12.0 Å². The van der Waals surface area contributed by atoms with E-state index in [4.69, 9.17) is 9.26 Å². The van der Waals surface area contributed by atoms with Crippen LogP contribution >= 0.6 is 0 Å². The van der Waals surface area contributed by atoms with Gasteiger partial charge in [-0.2, -0.15) is 4.98 Å². The minimum absolute atomic E-state index is 0.00460. The Morgan fingerprint density at radius 2 is 2.29 bits per heavy atom. The lowest BCUT2D eigenvalue weighted by atomic mass is 10.2. The van der Waals surface area contributed by atoms with Gasteiger partial charge >= 0.3 is 0 Å². The highest BCUT2D eigenvalue weighted by Gasteiger charge is 2.13. The number of nitrogens with zero attached hydrogens (tertiary/aromatic N) is 3. The zero-order chi connectivity index (χ0) is 15.2.